The van der Waals surface area contributed by atoms with Gasteiger partial charge in [0.15, 0.2) is 0 Å². The molecule has 1 saturated carbocycles. The number of nitrogens with zero attached hydrogens (tertiary/aromatic N) is 4. The standard InChI is InChI=1S/C21H24FN5O3/c1-11-5-12(7-13(22)6-11)9-27(2)21(30)18-17-15(8-23-18)24-10-25-20(17)26-14-3-4-16(28)19(14)29/h5-7,10,14,16,19,28-29H,3-4,8-9H2,1-2H3,(H,24,25,26)/t14-,16-,19+/m1/s1. The van der Waals surface area contributed by atoms with Gasteiger partial charge in [0, 0.05) is 13.6 Å². The zero-order valence-electron chi connectivity index (χ0n) is 16.8. The summed E-state index contributed by atoms with van der Waals surface area (Å²) >= 11 is 0. The Hall–Kier alpha value is -2.91. The van der Waals surface area contributed by atoms with Gasteiger partial charge in [-0.3, -0.25) is 9.79 Å². The highest BCUT2D eigenvalue weighted by Crippen LogP contribution is 2.28. The van der Waals surface area contributed by atoms with E-state index in [0.717, 1.165) is 5.56 Å². The Morgan fingerprint density at radius 1 is 1.27 bits per heavy atom. The van der Waals surface area contributed by atoms with Gasteiger partial charge in [-0.2, -0.15) is 0 Å². The molecule has 3 atom stereocenters. The Bertz CT molecular complexity index is 992. The average Bonchev–Trinajstić information content (AvgIpc) is 3.26. The number of hydrogen-bond acceptors (Lipinski definition) is 7. The number of likely N-dealkylation sites (N-methyl/N-ethyl adjacent to an activating group) is 1. The summed E-state index contributed by atoms with van der Waals surface area (Å²) < 4.78 is 13.7. The van der Waals surface area contributed by atoms with Crippen LogP contribution in [0.3, 0.4) is 0 Å². The van der Waals surface area contributed by atoms with E-state index in [4.69, 9.17) is 0 Å². The van der Waals surface area contributed by atoms with Gasteiger partial charge in [0.1, 0.15) is 23.7 Å². The predicted octanol–water partition coefficient (Wildman–Crippen LogP) is 1.18. The molecule has 2 heterocycles. The summed E-state index contributed by atoms with van der Waals surface area (Å²) in [6.45, 7) is 2.29. The van der Waals surface area contributed by atoms with E-state index in [-0.39, 0.29) is 36.6 Å². The van der Waals surface area contributed by atoms with E-state index >= 15 is 0 Å². The topological polar surface area (TPSA) is 111 Å². The molecule has 30 heavy (non-hydrogen) atoms. The number of anilines is 1. The molecular weight excluding hydrogens is 389 g/mol. The average molecular weight is 413 g/mol. The second kappa shape index (κ2) is 8.08. The van der Waals surface area contributed by atoms with E-state index in [1.165, 1.54) is 23.4 Å². The summed E-state index contributed by atoms with van der Waals surface area (Å²) in [5.74, 6) is -0.245. The van der Waals surface area contributed by atoms with Gasteiger partial charge in [0.2, 0.25) is 0 Å². The maximum Gasteiger partial charge on any atom is 0.272 e. The van der Waals surface area contributed by atoms with Crippen LogP contribution < -0.4 is 5.32 Å². The van der Waals surface area contributed by atoms with Crippen LogP contribution in [0.15, 0.2) is 29.5 Å². The minimum atomic E-state index is -0.910. The summed E-state index contributed by atoms with van der Waals surface area (Å²) in [5.41, 5.74) is 2.84. The second-order valence-electron chi connectivity index (χ2n) is 7.89. The molecule has 8 nitrogen and oxygen atoms in total. The number of carbonyl (C=O) groups excluding carboxylic acids is 1. The number of benzene rings is 1. The highest BCUT2D eigenvalue weighted by molar-refractivity contribution is 6.47. The maximum absolute atomic E-state index is 13.7. The van der Waals surface area contributed by atoms with Crippen molar-refractivity contribution < 1.29 is 19.4 Å². The molecule has 2 aromatic rings. The lowest BCUT2D eigenvalue weighted by molar-refractivity contribution is -0.123. The number of amides is 1. The van der Waals surface area contributed by atoms with Gasteiger partial charge in [-0.25, -0.2) is 14.4 Å². The van der Waals surface area contributed by atoms with Gasteiger partial charge < -0.3 is 20.4 Å². The fourth-order valence-corrected chi connectivity index (χ4v) is 4.03. The second-order valence-corrected chi connectivity index (χ2v) is 7.89. The van der Waals surface area contributed by atoms with Crippen LogP contribution in [-0.4, -0.2) is 62.0 Å². The number of aliphatic hydroxyl groups excluding tert-OH is 2. The van der Waals surface area contributed by atoms with Crippen molar-refractivity contribution in [2.24, 2.45) is 4.99 Å². The minimum Gasteiger partial charge on any atom is -0.390 e. The van der Waals surface area contributed by atoms with E-state index in [9.17, 15) is 19.4 Å². The van der Waals surface area contributed by atoms with Crippen LogP contribution in [0.2, 0.25) is 0 Å². The summed E-state index contributed by atoms with van der Waals surface area (Å²) in [6.07, 6.45) is 0.767. The first-order chi connectivity index (χ1) is 14.3. The van der Waals surface area contributed by atoms with Gasteiger partial charge in [-0.1, -0.05) is 6.07 Å². The number of aromatic nitrogens is 2. The Labute approximate surface area is 173 Å². The van der Waals surface area contributed by atoms with E-state index in [0.29, 0.717) is 35.5 Å². The smallest absolute Gasteiger partial charge is 0.272 e. The third-order valence-corrected chi connectivity index (χ3v) is 5.52. The number of carbonyl (C=O) groups is 1. The molecule has 0 unspecified atom stereocenters. The number of fused-ring (bicyclic) bond motifs is 1. The molecule has 3 N–H and O–H groups in total. The molecule has 2 aliphatic rings. The van der Waals surface area contributed by atoms with E-state index in [1.54, 1.807) is 14.0 Å². The molecule has 0 radical (unpaired) electrons. The molecule has 4 rings (SSSR count). The van der Waals surface area contributed by atoms with E-state index < -0.39 is 12.2 Å². The van der Waals surface area contributed by atoms with E-state index in [1.807, 2.05) is 6.07 Å². The number of halogens is 1. The van der Waals surface area contributed by atoms with Gasteiger partial charge in [0.05, 0.1) is 36.1 Å². The molecule has 1 aliphatic heterocycles. The Morgan fingerprint density at radius 2 is 2.07 bits per heavy atom. The first kappa shape index (κ1) is 20.4. The van der Waals surface area contributed by atoms with Crippen LogP contribution in [0.1, 0.15) is 35.2 Å². The van der Waals surface area contributed by atoms with Crippen molar-refractivity contribution in [3.8, 4) is 0 Å². The van der Waals surface area contributed by atoms with Crippen molar-refractivity contribution in [2.45, 2.75) is 51.1 Å². The van der Waals surface area contributed by atoms with Crippen molar-refractivity contribution in [1.29, 1.82) is 0 Å². The van der Waals surface area contributed by atoms with Crippen molar-refractivity contribution in [1.82, 2.24) is 14.9 Å². The molecule has 0 saturated heterocycles. The van der Waals surface area contributed by atoms with Crippen molar-refractivity contribution in [3.05, 3.63) is 52.7 Å². The number of aryl methyl sites for hydroxylation is 1. The minimum absolute atomic E-state index is 0.232. The van der Waals surface area contributed by atoms with Crippen molar-refractivity contribution >= 4 is 17.4 Å². The highest BCUT2D eigenvalue weighted by Gasteiger charge is 2.36. The third-order valence-electron chi connectivity index (χ3n) is 5.52. The van der Waals surface area contributed by atoms with Crippen LogP contribution in [0.25, 0.3) is 0 Å². The molecular formula is C21H24FN5O3. The third kappa shape index (κ3) is 3.90. The van der Waals surface area contributed by atoms with Crippen LogP contribution in [0, 0.1) is 12.7 Å². The molecule has 1 amide bonds. The first-order valence-corrected chi connectivity index (χ1v) is 9.86. The Kier molecular flexibility index (Phi) is 5.48. The molecule has 1 aliphatic carbocycles. The normalized spacial score (nSPS) is 22.6. The monoisotopic (exact) mass is 413 g/mol. The lowest BCUT2D eigenvalue weighted by atomic mass is 10.1. The summed E-state index contributed by atoms with van der Waals surface area (Å²) in [6, 6.07) is 4.31. The van der Waals surface area contributed by atoms with Gasteiger partial charge in [-0.05, 0) is 43.0 Å². The Morgan fingerprint density at radius 3 is 2.77 bits per heavy atom. The van der Waals surface area contributed by atoms with Crippen LogP contribution in [0.5, 0.6) is 0 Å². The first-order valence-electron chi connectivity index (χ1n) is 9.86. The zero-order valence-corrected chi connectivity index (χ0v) is 16.8. The number of nitrogens with one attached hydrogen (secondary N) is 1. The van der Waals surface area contributed by atoms with Crippen LogP contribution in [0.4, 0.5) is 10.2 Å². The largest absolute Gasteiger partial charge is 0.390 e. The van der Waals surface area contributed by atoms with Gasteiger partial charge in [0.25, 0.3) is 5.91 Å². The van der Waals surface area contributed by atoms with Gasteiger partial charge in [-0.15, -0.1) is 0 Å². The van der Waals surface area contributed by atoms with E-state index in [2.05, 4.69) is 20.3 Å². The summed E-state index contributed by atoms with van der Waals surface area (Å²) in [4.78, 5) is 27.4. The molecule has 1 aromatic carbocycles. The Balaban J connectivity index is 1.55. The molecule has 1 fully saturated rings. The molecule has 1 aromatic heterocycles. The fourth-order valence-electron chi connectivity index (χ4n) is 4.03. The number of hydrogen-bond donors (Lipinski definition) is 3. The van der Waals surface area contributed by atoms with Crippen molar-refractivity contribution in [3.63, 3.8) is 0 Å². The lowest BCUT2D eigenvalue weighted by Gasteiger charge is -2.21. The summed E-state index contributed by atoms with van der Waals surface area (Å²) in [7, 11) is 1.64. The zero-order chi connectivity index (χ0) is 21.4. The lowest BCUT2D eigenvalue weighted by Crippen LogP contribution is -2.36. The highest BCUT2D eigenvalue weighted by atomic mass is 19.1. The predicted molar refractivity (Wildman–Crippen MR) is 109 cm³/mol. The number of rotatable bonds is 5. The number of aliphatic imine (C=N–C) groups is 1. The SMILES string of the molecule is Cc1cc(F)cc(CN(C)C(=O)C2=NCc3ncnc(N[C@@H]4CC[C@@H](O)[C@H]4O)c32)c1. The quantitative estimate of drug-likeness (QED) is 0.679. The molecule has 0 spiro atoms. The maximum atomic E-state index is 13.7. The van der Waals surface area contributed by atoms with Crippen molar-refractivity contribution in [2.75, 3.05) is 12.4 Å². The van der Waals surface area contributed by atoms with Gasteiger partial charge >= 0.3 is 0 Å². The fraction of sp³-hybridized carbons (Fsp3) is 0.429. The molecule has 158 valence electrons. The number of aliphatic hydroxyl groups is 2. The van der Waals surface area contributed by atoms with Crippen LogP contribution in [-0.2, 0) is 17.9 Å². The molecule has 9 heteroatoms. The molecule has 0 bridgehead atoms. The van der Waals surface area contributed by atoms with Crippen LogP contribution >= 0.6 is 0 Å². The summed E-state index contributed by atoms with van der Waals surface area (Å²) in [5, 5.41) is 23.1.